The monoisotopic (exact) mass is 476 g/mol. The second-order valence-electron chi connectivity index (χ2n) is 8.58. The Morgan fingerprint density at radius 2 is 1.85 bits per heavy atom. The number of rotatable bonds is 6. The van der Waals surface area contributed by atoms with Crippen molar-refractivity contribution < 1.29 is 19.4 Å². The third-order valence-electron chi connectivity index (χ3n) is 5.55. The number of nitrogens with zero attached hydrogens (tertiary/aromatic N) is 2. The number of ether oxygens (including phenoxy) is 1. The van der Waals surface area contributed by atoms with Crippen LogP contribution < -0.4 is 9.64 Å². The number of pyridine rings is 1. The van der Waals surface area contributed by atoms with Crippen LogP contribution in [0.5, 0.6) is 5.75 Å². The van der Waals surface area contributed by atoms with Crippen LogP contribution in [0, 0.1) is 12.8 Å². The Bertz CT molecular complexity index is 1250. The molecule has 1 amide bonds. The van der Waals surface area contributed by atoms with Gasteiger partial charge in [0.1, 0.15) is 17.6 Å². The largest absolute Gasteiger partial charge is 0.507 e. The number of hydrogen-bond acceptors (Lipinski definition) is 5. The van der Waals surface area contributed by atoms with Gasteiger partial charge in [0.05, 0.1) is 17.9 Å². The zero-order valence-corrected chi connectivity index (χ0v) is 19.9. The number of aryl methyl sites for hydroxylation is 1. The van der Waals surface area contributed by atoms with Gasteiger partial charge >= 0.3 is 0 Å². The molecule has 7 heteroatoms. The molecular weight excluding hydrogens is 452 g/mol. The quantitative estimate of drug-likeness (QED) is 0.280. The van der Waals surface area contributed by atoms with E-state index in [-0.39, 0.29) is 11.3 Å². The van der Waals surface area contributed by atoms with E-state index in [1.807, 2.05) is 6.92 Å². The van der Waals surface area contributed by atoms with Crippen LogP contribution in [0.25, 0.3) is 5.76 Å². The second kappa shape index (κ2) is 9.69. The molecule has 0 radical (unpaired) electrons. The lowest BCUT2D eigenvalue weighted by Crippen LogP contribution is -2.30. The van der Waals surface area contributed by atoms with E-state index in [1.165, 1.54) is 4.90 Å². The fraction of sp³-hybridized carbons (Fsp3) is 0.222. The molecule has 174 valence electrons. The number of ketones is 1. The second-order valence-corrected chi connectivity index (χ2v) is 9.02. The number of anilines is 1. The topological polar surface area (TPSA) is 79.7 Å². The van der Waals surface area contributed by atoms with Crippen molar-refractivity contribution in [1.82, 2.24) is 4.98 Å². The lowest BCUT2D eigenvalue weighted by molar-refractivity contribution is -0.132. The third-order valence-corrected chi connectivity index (χ3v) is 5.79. The molecule has 1 aliphatic heterocycles. The molecule has 0 aliphatic carbocycles. The van der Waals surface area contributed by atoms with Crippen molar-refractivity contribution in [1.29, 1.82) is 0 Å². The molecule has 1 unspecified atom stereocenters. The van der Waals surface area contributed by atoms with Gasteiger partial charge in [-0.05, 0) is 66.9 Å². The highest BCUT2D eigenvalue weighted by molar-refractivity contribution is 6.52. The highest BCUT2D eigenvalue weighted by Crippen LogP contribution is 2.43. The standard InChI is InChI=1S/C27H25ClN2O4/c1-16(2)15-34-20-11-8-18(9-12-20)25(31)23-24(21-6-4-5-13-29-21)30(27(33)26(23)32)22-14-19(28)10-7-17(22)3/h4-14,16,24,31H,15H2,1-3H3/b25-23+. The van der Waals surface area contributed by atoms with Crippen molar-refractivity contribution in [3.05, 3.63) is 94.3 Å². The summed E-state index contributed by atoms with van der Waals surface area (Å²) in [6.07, 6.45) is 1.58. The van der Waals surface area contributed by atoms with E-state index >= 15 is 0 Å². The molecule has 1 aromatic heterocycles. The number of hydrogen-bond donors (Lipinski definition) is 1. The highest BCUT2D eigenvalue weighted by atomic mass is 35.5. The minimum absolute atomic E-state index is 0.0288. The summed E-state index contributed by atoms with van der Waals surface area (Å²) in [7, 11) is 0. The molecule has 1 saturated heterocycles. The molecule has 0 saturated carbocycles. The summed E-state index contributed by atoms with van der Waals surface area (Å²) in [5.41, 5.74) is 2.08. The number of Topliss-reactive ketones (excluding diaryl/α,β-unsaturated/α-hetero) is 1. The summed E-state index contributed by atoms with van der Waals surface area (Å²) in [5.74, 6) is -0.780. The minimum atomic E-state index is -0.907. The van der Waals surface area contributed by atoms with Crippen molar-refractivity contribution in [2.45, 2.75) is 26.8 Å². The fourth-order valence-corrected chi connectivity index (χ4v) is 4.03. The molecule has 1 fully saturated rings. The third kappa shape index (κ3) is 4.54. The van der Waals surface area contributed by atoms with Gasteiger partial charge in [-0.2, -0.15) is 0 Å². The van der Waals surface area contributed by atoms with E-state index in [0.717, 1.165) is 5.56 Å². The number of aromatic nitrogens is 1. The number of aliphatic hydroxyl groups excluding tert-OH is 1. The van der Waals surface area contributed by atoms with Crippen molar-refractivity contribution in [3.8, 4) is 5.75 Å². The Morgan fingerprint density at radius 1 is 1.12 bits per heavy atom. The molecule has 4 rings (SSSR count). The lowest BCUT2D eigenvalue weighted by atomic mass is 9.98. The summed E-state index contributed by atoms with van der Waals surface area (Å²) in [6.45, 7) is 6.50. The maximum atomic E-state index is 13.2. The van der Waals surface area contributed by atoms with Crippen LogP contribution in [-0.2, 0) is 9.59 Å². The molecule has 2 aromatic carbocycles. The molecule has 0 spiro atoms. The highest BCUT2D eigenvalue weighted by Gasteiger charge is 2.48. The Balaban J connectivity index is 1.83. The minimum Gasteiger partial charge on any atom is -0.507 e. The number of aliphatic hydroxyl groups is 1. The first kappa shape index (κ1) is 23.5. The van der Waals surface area contributed by atoms with Crippen LogP contribution in [0.3, 0.4) is 0 Å². The summed E-state index contributed by atoms with van der Waals surface area (Å²) in [5, 5.41) is 11.7. The fourth-order valence-electron chi connectivity index (χ4n) is 3.87. The number of benzene rings is 2. The van der Waals surface area contributed by atoms with Crippen molar-refractivity contribution in [3.63, 3.8) is 0 Å². The van der Waals surface area contributed by atoms with Gasteiger partial charge in [0.25, 0.3) is 11.7 Å². The average molecular weight is 477 g/mol. The lowest BCUT2D eigenvalue weighted by Gasteiger charge is -2.26. The predicted molar refractivity (Wildman–Crippen MR) is 132 cm³/mol. The summed E-state index contributed by atoms with van der Waals surface area (Å²) in [4.78, 5) is 32.2. The zero-order chi connectivity index (χ0) is 24.4. The van der Waals surface area contributed by atoms with E-state index in [9.17, 15) is 14.7 Å². The molecule has 1 aliphatic rings. The molecule has 0 bridgehead atoms. The Morgan fingerprint density at radius 3 is 2.50 bits per heavy atom. The summed E-state index contributed by atoms with van der Waals surface area (Å²) >= 11 is 6.22. The van der Waals surface area contributed by atoms with Gasteiger partial charge in [0, 0.05) is 22.5 Å². The smallest absolute Gasteiger partial charge is 0.300 e. The average Bonchev–Trinajstić information content (AvgIpc) is 3.10. The van der Waals surface area contributed by atoms with Gasteiger partial charge in [-0.1, -0.05) is 37.6 Å². The van der Waals surface area contributed by atoms with Gasteiger partial charge in [-0.25, -0.2) is 0 Å². The maximum Gasteiger partial charge on any atom is 0.300 e. The SMILES string of the molecule is Cc1ccc(Cl)cc1N1C(=O)C(=O)/C(=C(/O)c2ccc(OCC(C)C)cc2)C1c1ccccn1. The Labute approximate surface area is 203 Å². The zero-order valence-electron chi connectivity index (χ0n) is 19.2. The molecule has 34 heavy (non-hydrogen) atoms. The first-order valence-corrected chi connectivity index (χ1v) is 11.4. The first-order valence-electron chi connectivity index (χ1n) is 11.0. The Kier molecular flexibility index (Phi) is 6.70. The molecule has 1 N–H and O–H groups in total. The van der Waals surface area contributed by atoms with Crippen molar-refractivity contribution >= 4 is 34.7 Å². The number of carbonyl (C=O) groups excluding carboxylic acids is 2. The van der Waals surface area contributed by atoms with E-state index in [2.05, 4.69) is 18.8 Å². The molecular formula is C27H25ClN2O4. The van der Waals surface area contributed by atoms with Crippen LogP contribution in [0.15, 0.2) is 72.4 Å². The summed E-state index contributed by atoms with van der Waals surface area (Å²) < 4.78 is 5.71. The van der Waals surface area contributed by atoms with Gasteiger partial charge in [-0.15, -0.1) is 0 Å². The van der Waals surface area contributed by atoms with Crippen LogP contribution in [0.4, 0.5) is 5.69 Å². The maximum absolute atomic E-state index is 13.2. The molecule has 1 atom stereocenters. The van der Waals surface area contributed by atoms with E-state index in [1.54, 1.807) is 66.9 Å². The van der Waals surface area contributed by atoms with Gasteiger partial charge < -0.3 is 9.84 Å². The number of carbonyl (C=O) groups is 2. The van der Waals surface area contributed by atoms with Crippen LogP contribution >= 0.6 is 11.6 Å². The van der Waals surface area contributed by atoms with Gasteiger partial charge in [0.2, 0.25) is 0 Å². The first-order chi connectivity index (χ1) is 16.3. The van der Waals surface area contributed by atoms with Gasteiger partial charge in [-0.3, -0.25) is 19.5 Å². The Hall–Kier alpha value is -3.64. The van der Waals surface area contributed by atoms with E-state index in [0.29, 0.717) is 40.2 Å². The van der Waals surface area contributed by atoms with Crippen molar-refractivity contribution in [2.75, 3.05) is 11.5 Å². The van der Waals surface area contributed by atoms with Crippen LogP contribution in [0.2, 0.25) is 5.02 Å². The number of halogens is 1. The molecule has 3 aromatic rings. The summed E-state index contributed by atoms with van der Waals surface area (Å²) in [6, 6.07) is 16.3. The predicted octanol–water partition coefficient (Wildman–Crippen LogP) is 5.70. The van der Waals surface area contributed by atoms with E-state index in [4.69, 9.17) is 16.3 Å². The van der Waals surface area contributed by atoms with Crippen LogP contribution in [0.1, 0.15) is 36.7 Å². The van der Waals surface area contributed by atoms with E-state index < -0.39 is 17.7 Å². The number of amides is 1. The molecule has 6 nitrogen and oxygen atoms in total. The van der Waals surface area contributed by atoms with Crippen molar-refractivity contribution in [2.24, 2.45) is 5.92 Å². The van der Waals surface area contributed by atoms with Gasteiger partial charge in [0.15, 0.2) is 0 Å². The van der Waals surface area contributed by atoms with Crippen LogP contribution in [-0.4, -0.2) is 28.4 Å². The molecule has 2 heterocycles. The normalized spacial score (nSPS) is 17.4.